The molecule has 2 nitrogen and oxygen atoms in total. The van der Waals surface area contributed by atoms with Gasteiger partial charge in [-0.05, 0) is 18.6 Å². The summed E-state index contributed by atoms with van der Waals surface area (Å²) in [5.41, 5.74) is 0. The highest BCUT2D eigenvalue weighted by Gasteiger charge is 2.08. The van der Waals surface area contributed by atoms with Crippen LogP contribution in [-0.4, -0.2) is 21.6 Å². The first kappa shape index (κ1) is 24.8. The minimum Gasteiger partial charge on any atom is -0.481 e. The Hall–Kier alpha value is -0.180. The third kappa shape index (κ3) is 23.8. The fourth-order valence-electron chi connectivity index (χ4n) is 3.05. The molecule has 25 heavy (non-hydrogen) atoms. The maximum absolute atomic E-state index is 10.4. The molecule has 0 aromatic carbocycles. The second-order valence-electron chi connectivity index (χ2n) is 8.41. The number of hydrogen-bond acceptors (Lipinski definition) is 2. The molecule has 0 saturated carbocycles. The SMILES string of the molecule is CC(C)(C)SCCCCCCCCCCCCCCCCCC(=O)O. The maximum Gasteiger partial charge on any atom is 0.303 e. The van der Waals surface area contributed by atoms with Gasteiger partial charge in [-0.2, -0.15) is 11.8 Å². The van der Waals surface area contributed by atoms with Crippen LogP contribution in [0.25, 0.3) is 0 Å². The van der Waals surface area contributed by atoms with Crippen LogP contribution < -0.4 is 0 Å². The minimum absolute atomic E-state index is 0.343. The molecule has 3 heteroatoms. The van der Waals surface area contributed by atoms with Crippen molar-refractivity contribution < 1.29 is 9.90 Å². The van der Waals surface area contributed by atoms with E-state index in [1.54, 1.807) is 0 Å². The van der Waals surface area contributed by atoms with Gasteiger partial charge in [-0.25, -0.2) is 0 Å². The third-order valence-corrected chi connectivity index (χ3v) is 5.93. The molecule has 0 saturated heterocycles. The second kappa shape index (κ2) is 17.2. The summed E-state index contributed by atoms with van der Waals surface area (Å²) in [6, 6.07) is 0. The van der Waals surface area contributed by atoms with Gasteiger partial charge >= 0.3 is 5.97 Å². The number of aliphatic carboxylic acids is 1. The predicted molar refractivity (Wildman–Crippen MR) is 114 cm³/mol. The van der Waals surface area contributed by atoms with Gasteiger partial charge in [0.25, 0.3) is 0 Å². The molecule has 0 heterocycles. The fraction of sp³-hybridized carbons (Fsp3) is 0.955. The van der Waals surface area contributed by atoms with E-state index >= 15 is 0 Å². The van der Waals surface area contributed by atoms with Gasteiger partial charge in [-0.15, -0.1) is 0 Å². The Labute approximate surface area is 161 Å². The lowest BCUT2D eigenvalue weighted by atomic mass is 10.0. The smallest absolute Gasteiger partial charge is 0.303 e. The zero-order chi connectivity index (χ0) is 18.8. The molecule has 0 aromatic rings. The van der Waals surface area contributed by atoms with Crippen molar-refractivity contribution in [3.05, 3.63) is 0 Å². The number of carboxylic acid groups (broad SMARTS) is 1. The standard InChI is InChI=1S/C22H44O2S/c1-22(2,3)25-20-18-16-14-12-10-8-6-4-5-7-9-11-13-15-17-19-21(23)24/h4-20H2,1-3H3,(H,23,24). The van der Waals surface area contributed by atoms with E-state index in [-0.39, 0.29) is 0 Å². The van der Waals surface area contributed by atoms with Gasteiger partial charge in [-0.1, -0.05) is 104 Å². The van der Waals surface area contributed by atoms with Crippen LogP contribution >= 0.6 is 11.8 Å². The summed E-state index contributed by atoms with van der Waals surface area (Å²) in [6.07, 6.45) is 20.2. The Bertz CT molecular complexity index is 297. The molecule has 0 rings (SSSR count). The average Bonchev–Trinajstić information content (AvgIpc) is 2.52. The van der Waals surface area contributed by atoms with Crippen molar-refractivity contribution in [2.75, 3.05) is 5.75 Å². The zero-order valence-corrected chi connectivity index (χ0v) is 18.1. The average molecular weight is 373 g/mol. The fourth-order valence-corrected chi connectivity index (χ4v) is 4.02. The molecule has 0 aliphatic carbocycles. The molecular formula is C22H44O2S. The summed E-state index contributed by atoms with van der Waals surface area (Å²) in [7, 11) is 0. The molecule has 0 bridgehead atoms. The van der Waals surface area contributed by atoms with Crippen molar-refractivity contribution in [1.29, 1.82) is 0 Å². The van der Waals surface area contributed by atoms with Gasteiger partial charge < -0.3 is 5.11 Å². The highest BCUT2D eigenvalue weighted by Crippen LogP contribution is 2.24. The minimum atomic E-state index is -0.653. The zero-order valence-electron chi connectivity index (χ0n) is 17.3. The molecule has 0 amide bonds. The van der Waals surface area contributed by atoms with Crippen molar-refractivity contribution in [2.45, 2.75) is 128 Å². The van der Waals surface area contributed by atoms with Crippen LogP contribution in [0.3, 0.4) is 0 Å². The van der Waals surface area contributed by atoms with Crippen LogP contribution in [0.5, 0.6) is 0 Å². The Kier molecular flexibility index (Phi) is 17.1. The van der Waals surface area contributed by atoms with E-state index in [9.17, 15) is 4.79 Å². The lowest BCUT2D eigenvalue weighted by Gasteiger charge is -2.17. The summed E-state index contributed by atoms with van der Waals surface area (Å²) in [4.78, 5) is 10.4. The second-order valence-corrected chi connectivity index (χ2v) is 10.3. The highest BCUT2D eigenvalue weighted by atomic mass is 32.2. The summed E-state index contributed by atoms with van der Waals surface area (Å²) >= 11 is 2.10. The van der Waals surface area contributed by atoms with E-state index in [0.717, 1.165) is 12.8 Å². The quantitative estimate of drug-likeness (QED) is 0.249. The molecule has 0 unspecified atom stereocenters. The van der Waals surface area contributed by atoms with Crippen molar-refractivity contribution in [2.24, 2.45) is 0 Å². The number of rotatable bonds is 18. The van der Waals surface area contributed by atoms with E-state index in [2.05, 4.69) is 32.5 Å². The maximum atomic E-state index is 10.4. The highest BCUT2D eigenvalue weighted by molar-refractivity contribution is 8.00. The first-order valence-corrected chi connectivity index (χ1v) is 11.8. The number of carbonyl (C=O) groups is 1. The Morgan fingerprint density at radius 3 is 1.28 bits per heavy atom. The van der Waals surface area contributed by atoms with Crippen LogP contribution in [0, 0.1) is 0 Å². The first-order valence-electron chi connectivity index (χ1n) is 10.8. The third-order valence-electron chi connectivity index (χ3n) is 4.57. The lowest BCUT2D eigenvalue weighted by molar-refractivity contribution is -0.137. The Morgan fingerprint density at radius 1 is 0.640 bits per heavy atom. The summed E-state index contributed by atoms with van der Waals surface area (Å²) in [5.74, 6) is 0.669. The largest absolute Gasteiger partial charge is 0.481 e. The van der Waals surface area contributed by atoms with E-state index in [1.807, 2.05) is 0 Å². The van der Waals surface area contributed by atoms with Gasteiger partial charge in [0.1, 0.15) is 0 Å². The topological polar surface area (TPSA) is 37.3 Å². The molecule has 1 N–H and O–H groups in total. The van der Waals surface area contributed by atoms with E-state index < -0.39 is 5.97 Å². The summed E-state index contributed by atoms with van der Waals surface area (Å²) < 4.78 is 0.431. The van der Waals surface area contributed by atoms with Crippen LogP contribution in [0.4, 0.5) is 0 Å². The number of hydrogen-bond donors (Lipinski definition) is 1. The molecule has 0 spiro atoms. The molecule has 0 fully saturated rings. The van der Waals surface area contributed by atoms with Crippen LogP contribution in [0.15, 0.2) is 0 Å². The first-order chi connectivity index (χ1) is 11.9. The molecule has 0 radical (unpaired) electrons. The van der Waals surface area contributed by atoms with Gasteiger partial charge in [0.2, 0.25) is 0 Å². The van der Waals surface area contributed by atoms with Gasteiger partial charge in [-0.3, -0.25) is 4.79 Å². The summed E-state index contributed by atoms with van der Waals surface area (Å²) in [6.45, 7) is 6.92. The molecule has 0 aliphatic rings. The monoisotopic (exact) mass is 372 g/mol. The predicted octanol–water partition coefficient (Wildman–Crippen LogP) is 7.84. The molecule has 0 aromatic heterocycles. The van der Waals surface area contributed by atoms with Crippen LogP contribution in [0.2, 0.25) is 0 Å². The van der Waals surface area contributed by atoms with Crippen LogP contribution in [-0.2, 0) is 4.79 Å². The van der Waals surface area contributed by atoms with E-state index in [1.165, 1.54) is 89.2 Å². The molecule has 150 valence electrons. The van der Waals surface area contributed by atoms with Crippen molar-refractivity contribution in [3.8, 4) is 0 Å². The van der Waals surface area contributed by atoms with Gasteiger partial charge in [0, 0.05) is 11.2 Å². The Balaban J connectivity index is 3.04. The Morgan fingerprint density at radius 2 is 0.960 bits per heavy atom. The molecule has 0 aliphatic heterocycles. The van der Waals surface area contributed by atoms with Gasteiger partial charge in [0.15, 0.2) is 0 Å². The molecular weight excluding hydrogens is 328 g/mol. The van der Waals surface area contributed by atoms with Gasteiger partial charge in [0.05, 0.1) is 0 Å². The van der Waals surface area contributed by atoms with E-state index in [0.29, 0.717) is 11.2 Å². The molecule has 0 atom stereocenters. The number of unbranched alkanes of at least 4 members (excludes halogenated alkanes) is 14. The van der Waals surface area contributed by atoms with Crippen molar-refractivity contribution in [3.63, 3.8) is 0 Å². The van der Waals surface area contributed by atoms with Crippen molar-refractivity contribution >= 4 is 17.7 Å². The van der Waals surface area contributed by atoms with Crippen molar-refractivity contribution in [1.82, 2.24) is 0 Å². The number of carboxylic acids is 1. The van der Waals surface area contributed by atoms with Crippen LogP contribution in [0.1, 0.15) is 124 Å². The lowest BCUT2D eigenvalue weighted by Crippen LogP contribution is -2.08. The summed E-state index contributed by atoms with van der Waals surface area (Å²) in [5, 5.41) is 8.56. The van der Waals surface area contributed by atoms with E-state index in [4.69, 9.17) is 5.11 Å². The number of thioether (sulfide) groups is 1. The normalized spacial score (nSPS) is 11.8.